The van der Waals surface area contributed by atoms with Crippen molar-refractivity contribution in [3.8, 4) is 0 Å². The zero-order chi connectivity index (χ0) is 13.7. The van der Waals surface area contributed by atoms with Crippen LogP contribution in [0.15, 0.2) is 36.7 Å². The van der Waals surface area contributed by atoms with Gasteiger partial charge in [-0.1, -0.05) is 29.8 Å². The van der Waals surface area contributed by atoms with E-state index in [9.17, 15) is 4.79 Å². The number of carbonyl (C=O) groups excluding carboxylic acids is 1. The Labute approximate surface area is 111 Å². The SMILES string of the molecule is Cc1ccc(/C=C/C(=O)NC(C)c2ncn[nH]2)cc1. The van der Waals surface area contributed by atoms with Gasteiger partial charge in [0.2, 0.25) is 5.91 Å². The molecule has 0 aliphatic heterocycles. The van der Waals surface area contributed by atoms with Crippen molar-refractivity contribution in [2.24, 2.45) is 0 Å². The molecule has 2 aromatic rings. The Kier molecular flexibility index (Phi) is 4.07. The molecular weight excluding hydrogens is 240 g/mol. The molecule has 0 aliphatic rings. The van der Waals surface area contributed by atoms with E-state index in [1.54, 1.807) is 6.08 Å². The number of nitrogens with zero attached hydrogens (tertiary/aromatic N) is 2. The van der Waals surface area contributed by atoms with Crippen molar-refractivity contribution < 1.29 is 4.79 Å². The Balaban J connectivity index is 1.92. The molecule has 5 heteroatoms. The predicted molar refractivity (Wildman–Crippen MR) is 73.2 cm³/mol. The average Bonchev–Trinajstić information content (AvgIpc) is 2.92. The number of aromatic amines is 1. The molecule has 5 nitrogen and oxygen atoms in total. The summed E-state index contributed by atoms with van der Waals surface area (Å²) in [6.07, 6.45) is 4.71. The first kappa shape index (κ1) is 13.0. The Morgan fingerprint density at radius 1 is 1.37 bits per heavy atom. The second-order valence-corrected chi connectivity index (χ2v) is 4.35. The number of aryl methyl sites for hydroxylation is 1. The van der Waals surface area contributed by atoms with E-state index in [0.29, 0.717) is 5.82 Å². The second kappa shape index (κ2) is 5.95. The van der Waals surface area contributed by atoms with Gasteiger partial charge in [-0.2, -0.15) is 5.10 Å². The highest BCUT2D eigenvalue weighted by atomic mass is 16.1. The molecule has 0 saturated carbocycles. The maximum atomic E-state index is 11.7. The summed E-state index contributed by atoms with van der Waals surface area (Å²) in [7, 11) is 0. The Bertz CT molecular complexity index is 558. The van der Waals surface area contributed by atoms with Gasteiger partial charge in [0.25, 0.3) is 0 Å². The molecule has 2 rings (SSSR count). The number of amides is 1. The second-order valence-electron chi connectivity index (χ2n) is 4.35. The van der Waals surface area contributed by atoms with Crippen LogP contribution in [-0.4, -0.2) is 21.1 Å². The average molecular weight is 256 g/mol. The van der Waals surface area contributed by atoms with Crippen molar-refractivity contribution in [1.82, 2.24) is 20.5 Å². The van der Waals surface area contributed by atoms with Crippen LogP contribution < -0.4 is 5.32 Å². The van der Waals surface area contributed by atoms with Crippen molar-refractivity contribution >= 4 is 12.0 Å². The van der Waals surface area contributed by atoms with E-state index in [2.05, 4.69) is 20.5 Å². The van der Waals surface area contributed by atoms with E-state index >= 15 is 0 Å². The predicted octanol–water partition coefficient (Wildman–Crippen LogP) is 2.00. The molecule has 1 aromatic heterocycles. The Hall–Kier alpha value is -2.43. The quantitative estimate of drug-likeness (QED) is 0.822. The summed E-state index contributed by atoms with van der Waals surface area (Å²) < 4.78 is 0. The van der Waals surface area contributed by atoms with Gasteiger partial charge in [-0.25, -0.2) is 4.98 Å². The number of rotatable bonds is 4. The first-order valence-electron chi connectivity index (χ1n) is 6.05. The summed E-state index contributed by atoms with van der Waals surface area (Å²) in [5.41, 5.74) is 2.19. The van der Waals surface area contributed by atoms with Crippen molar-refractivity contribution in [3.05, 3.63) is 53.6 Å². The maximum Gasteiger partial charge on any atom is 0.244 e. The van der Waals surface area contributed by atoms with Crippen molar-refractivity contribution in [3.63, 3.8) is 0 Å². The molecule has 0 spiro atoms. The molecule has 98 valence electrons. The van der Waals surface area contributed by atoms with Crippen LogP contribution in [0.25, 0.3) is 6.08 Å². The molecule has 19 heavy (non-hydrogen) atoms. The van der Waals surface area contributed by atoms with Crippen molar-refractivity contribution in [1.29, 1.82) is 0 Å². The van der Waals surface area contributed by atoms with Gasteiger partial charge in [0.15, 0.2) is 0 Å². The van der Waals surface area contributed by atoms with Crippen LogP contribution in [-0.2, 0) is 4.79 Å². The van der Waals surface area contributed by atoms with Crippen molar-refractivity contribution in [2.75, 3.05) is 0 Å². The maximum absolute atomic E-state index is 11.7. The molecule has 1 unspecified atom stereocenters. The van der Waals surface area contributed by atoms with E-state index in [0.717, 1.165) is 5.56 Å². The zero-order valence-corrected chi connectivity index (χ0v) is 10.9. The summed E-state index contributed by atoms with van der Waals surface area (Å²) in [4.78, 5) is 15.7. The minimum atomic E-state index is -0.197. The number of carbonyl (C=O) groups is 1. The lowest BCUT2D eigenvalue weighted by atomic mass is 10.1. The van der Waals surface area contributed by atoms with Gasteiger partial charge in [-0.15, -0.1) is 0 Å². The van der Waals surface area contributed by atoms with Gasteiger partial charge >= 0.3 is 0 Å². The van der Waals surface area contributed by atoms with Crippen LogP contribution in [0.5, 0.6) is 0 Å². The largest absolute Gasteiger partial charge is 0.343 e. The van der Waals surface area contributed by atoms with Gasteiger partial charge in [0.05, 0.1) is 6.04 Å². The van der Waals surface area contributed by atoms with Crippen LogP contribution >= 0.6 is 0 Å². The summed E-state index contributed by atoms with van der Waals surface area (Å²) in [5, 5.41) is 9.27. The standard InChI is InChI=1S/C14H16N4O/c1-10-3-5-12(6-4-10)7-8-13(19)17-11(2)14-15-9-16-18-14/h3-9,11H,1-2H3,(H,17,19)(H,15,16,18)/b8-7+. The van der Waals surface area contributed by atoms with Gasteiger partial charge < -0.3 is 5.32 Å². The monoisotopic (exact) mass is 256 g/mol. The van der Waals surface area contributed by atoms with Gasteiger partial charge in [-0.05, 0) is 25.5 Å². The molecule has 0 saturated heterocycles. The lowest BCUT2D eigenvalue weighted by molar-refractivity contribution is -0.117. The fraction of sp³-hybridized carbons (Fsp3) is 0.214. The Morgan fingerprint density at radius 3 is 2.74 bits per heavy atom. The minimum absolute atomic E-state index is 0.163. The number of benzene rings is 1. The van der Waals surface area contributed by atoms with E-state index in [1.165, 1.54) is 18.0 Å². The fourth-order valence-electron chi connectivity index (χ4n) is 1.60. The summed E-state index contributed by atoms with van der Waals surface area (Å²) >= 11 is 0. The molecule has 1 heterocycles. The highest BCUT2D eigenvalue weighted by Crippen LogP contribution is 2.06. The fourth-order valence-corrected chi connectivity index (χ4v) is 1.60. The summed E-state index contributed by atoms with van der Waals surface area (Å²) in [6, 6.07) is 7.76. The van der Waals surface area contributed by atoms with Gasteiger partial charge in [0, 0.05) is 6.08 Å². The molecule has 0 aliphatic carbocycles. The third kappa shape index (κ3) is 3.77. The van der Waals surface area contributed by atoms with E-state index < -0.39 is 0 Å². The number of aromatic nitrogens is 3. The number of H-pyrrole nitrogens is 1. The first-order chi connectivity index (χ1) is 9.15. The summed E-state index contributed by atoms with van der Waals surface area (Å²) in [6.45, 7) is 3.87. The summed E-state index contributed by atoms with van der Waals surface area (Å²) in [5.74, 6) is 0.474. The molecule has 2 N–H and O–H groups in total. The third-order valence-electron chi connectivity index (χ3n) is 2.71. The molecule has 1 amide bonds. The highest BCUT2D eigenvalue weighted by molar-refractivity contribution is 5.91. The van der Waals surface area contributed by atoms with E-state index in [4.69, 9.17) is 0 Å². The number of hydrogen-bond acceptors (Lipinski definition) is 3. The van der Waals surface area contributed by atoms with Gasteiger partial charge in [0.1, 0.15) is 12.2 Å². The van der Waals surface area contributed by atoms with E-state index in [-0.39, 0.29) is 11.9 Å². The molecule has 1 aromatic carbocycles. The number of hydrogen-bond donors (Lipinski definition) is 2. The first-order valence-corrected chi connectivity index (χ1v) is 6.05. The normalized spacial score (nSPS) is 12.5. The number of nitrogens with one attached hydrogen (secondary N) is 2. The molecule has 0 radical (unpaired) electrons. The third-order valence-corrected chi connectivity index (χ3v) is 2.71. The van der Waals surface area contributed by atoms with Gasteiger partial charge in [-0.3, -0.25) is 9.89 Å². The zero-order valence-electron chi connectivity index (χ0n) is 10.9. The lowest BCUT2D eigenvalue weighted by Gasteiger charge is -2.08. The van der Waals surface area contributed by atoms with Crippen LogP contribution in [0.3, 0.4) is 0 Å². The smallest absolute Gasteiger partial charge is 0.244 e. The van der Waals surface area contributed by atoms with Crippen LogP contribution in [0.1, 0.15) is 29.9 Å². The van der Waals surface area contributed by atoms with E-state index in [1.807, 2.05) is 38.1 Å². The van der Waals surface area contributed by atoms with Crippen LogP contribution in [0.2, 0.25) is 0 Å². The lowest BCUT2D eigenvalue weighted by Crippen LogP contribution is -2.25. The highest BCUT2D eigenvalue weighted by Gasteiger charge is 2.09. The molecule has 0 bridgehead atoms. The molecular formula is C14H16N4O. The minimum Gasteiger partial charge on any atom is -0.343 e. The molecule has 1 atom stereocenters. The van der Waals surface area contributed by atoms with Crippen LogP contribution in [0, 0.1) is 6.92 Å². The topological polar surface area (TPSA) is 70.7 Å². The van der Waals surface area contributed by atoms with Crippen LogP contribution in [0.4, 0.5) is 0 Å². The Morgan fingerprint density at radius 2 is 2.11 bits per heavy atom. The molecule has 0 fully saturated rings. The van der Waals surface area contributed by atoms with Crippen molar-refractivity contribution in [2.45, 2.75) is 19.9 Å².